The molecule has 0 saturated carbocycles. The van der Waals surface area contributed by atoms with Gasteiger partial charge in [-0.3, -0.25) is 4.90 Å². The molecular weight excluding hydrogens is 328 g/mol. The molecule has 1 aromatic rings. The zero-order chi connectivity index (χ0) is 15.0. The van der Waals surface area contributed by atoms with Crippen LogP contribution in [0.1, 0.15) is 31.4 Å². The maximum Gasteiger partial charge on any atom is 0.127 e. The Hall–Kier alpha value is -0.580. The van der Waals surface area contributed by atoms with Crippen LogP contribution in [0.5, 0.6) is 5.75 Å². The summed E-state index contributed by atoms with van der Waals surface area (Å²) in [6.07, 6.45) is 2.26. The van der Waals surface area contributed by atoms with Gasteiger partial charge >= 0.3 is 0 Å². The van der Waals surface area contributed by atoms with Gasteiger partial charge in [-0.15, -0.1) is 0 Å². The zero-order valence-corrected chi connectivity index (χ0v) is 14.7. The molecule has 3 atom stereocenters. The lowest BCUT2D eigenvalue weighted by Crippen LogP contribution is -2.52. The summed E-state index contributed by atoms with van der Waals surface area (Å²) in [6, 6.07) is 5.66. The molecule has 2 aliphatic rings. The molecule has 3 rings (SSSR count). The molecule has 0 amide bonds. The van der Waals surface area contributed by atoms with E-state index in [4.69, 9.17) is 4.74 Å². The molecule has 0 aliphatic carbocycles. The molecule has 0 spiro atoms. The number of fused-ring (bicyclic) bond motifs is 1. The van der Waals surface area contributed by atoms with E-state index in [1.807, 2.05) is 0 Å². The second kappa shape index (κ2) is 6.27. The molecule has 2 heterocycles. The van der Waals surface area contributed by atoms with Crippen molar-refractivity contribution < 1.29 is 4.74 Å². The largest absolute Gasteiger partial charge is 0.493 e. The van der Waals surface area contributed by atoms with Gasteiger partial charge in [0.25, 0.3) is 0 Å². The zero-order valence-electron chi connectivity index (χ0n) is 13.2. The SMILES string of the molecule is CNC1CCN(Cc2cc(Br)cc3c2OCC3)C(C)C1C. The maximum absolute atomic E-state index is 5.87. The van der Waals surface area contributed by atoms with Gasteiger partial charge in [0, 0.05) is 41.6 Å². The summed E-state index contributed by atoms with van der Waals surface area (Å²) in [5.74, 6) is 1.80. The number of ether oxygens (including phenoxy) is 1. The Morgan fingerprint density at radius 3 is 2.95 bits per heavy atom. The second-order valence-corrected chi connectivity index (χ2v) is 7.32. The first-order chi connectivity index (χ1) is 10.1. The Balaban J connectivity index is 1.78. The highest BCUT2D eigenvalue weighted by molar-refractivity contribution is 9.10. The topological polar surface area (TPSA) is 24.5 Å². The van der Waals surface area contributed by atoms with E-state index in [9.17, 15) is 0 Å². The van der Waals surface area contributed by atoms with Crippen LogP contribution >= 0.6 is 15.9 Å². The number of nitrogens with zero attached hydrogens (tertiary/aromatic N) is 1. The van der Waals surface area contributed by atoms with Gasteiger partial charge in [0.15, 0.2) is 0 Å². The van der Waals surface area contributed by atoms with Gasteiger partial charge in [-0.2, -0.15) is 0 Å². The second-order valence-electron chi connectivity index (χ2n) is 6.41. The fraction of sp³-hybridized carbons (Fsp3) is 0.647. The minimum absolute atomic E-state index is 0.590. The Kier molecular flexibility index (Phi) is 4.57. The van der Waals surface area contributed by atoms with Crippen molar-refractivity contribution in [3.8, 4) is 5.75 Å². The third-order valence-electron chi connectivity index (χ3n) is 5.27. The van der Waals surface area contributed by atoms with Crippen molar-refractivity contribution in [2.24, 2.45) is 5.92 Å². The van der Waals surface area contributed by atoms with E-state index in [1.54, 1.807) is 0 Å². The highest BCUT2D eigenvalue weighted by atomic mass is 79.9. The Labute approximate surface area is 136 Å². The first-order valence-electron chi connectivity index (χ1n) is 7.95. The van der Waals surface area contributed by atoms with Gasteiger partial charge in [-0.25, -0.2) is 0 Å². The van der Waals surface area contributed by atoms with Gasteiger partial charge in [-0.05, 0) is 44.0 Å². The number of likely N-dealkylation sites (tertiary alicyclic amines) is 1. The minimum atomic E-state index is 0.590. The van der Waals surface area contributed by atoms with E-state index < -0.39 is 0 Å². The summed E-state index contributed by atoms with van der Waals surface area (Å²) < 4.78 is 7.04. The molecule has 0 radical (unpaired) electrons. The Bertz CT molecular complexity index is 520. The normalized spacial score (nSPS) is 29.2. The third-order valence-corrected chi connectivity index (χ3v) is 5.73. The lowest BCUT2D eigenvalue weighted by atomic mass is 9.87. The van der Waals surface area contributed by atoms with Crippen molar-refractivity contribution in [1.29, 1.82) is 0 Å². The number of hydrogen-bond acceptors (Lipinski definition) is 3. The molecule has 0 aromatic heterocycles. The monoisotopic (exact) mass is 352 g/mol. The van der Waals surface area contributed by atoms with Gasteiger partial charge in [0.1, 0.15) is 5.75 Å². The maximum atomic E-state index is 5.87. The predicted molar refractivity (Wildman–Crippen MR) is 89.8 cm³/mol. The van der Waals surface area contributed by atoms with Crippen LogP contribution in [-0.2, 0) is 13.0 Å². The average Bonchev–Trinajstić information content (AvgIpc) is 2.92. The van der Waals surface area contributed by atoms with Crippen LogP contribution in [-0.4, -0.2) is 37.2 Å². The van der Waals surface area contributed by atoms with E-state index in [1.165, 1.54) is 22.0 Å². The van der Waals surface area contributed by atoms with E-state index in [2.05, 4.69) is 59.2 Å². The first-order valence-corrected chi connectivity index (χ1v) is 8.75. The first kappa shape index (κ1) is 15.3. The number of benzene rings is 1. The van der Waals surface area contributed by atoms with Gasteiger partial charge in [-0.1, -0.05) is 22.9 Å². The van der Waals surface area contributed by atoms with Gasteiger partial charge in [0.2, 0.25) is 0 Å². The van der Waals surface area contributed by atoms with Crippen molar-refractivity contribution in [2.75, 3.05) is 20.2 Å². The molecule has 2 aliphatic heterocycles. The standard InChI is InChI=1S/C17H25BrN2O/c1-11-12(2)20(6-4-16(11)19-3)10-14-9-15(18)8-13-5-7-21-17(13)14/h8-9,11-12,16,19H,4-7,10H2,1-3H3. The molecule has 116 valence electrons. The van der Waals surface area contributed by atoms with E-state index in [-0.39, 0.29) is 0 Å². The number of piperidine rings is 1. The van der Waals surface area contributed by atoms with Gasteiger partial charge in [0.05, 0.1) is 6.61 Å². The number of rotatable bonds is 3. The summed E-state index contributed by atoms with van der Waals surface area (Å²) in [5, 5.41) is 3.46. The molecule has 0 bridgehead atoms. The van der Waals surface area contributed by atoms with Crippen LogP contribution < -0.4 is 10.1 Å². The minimum Gasteiger partial charge on any atom is -0.493 e. The van der Waals surface area contributed by atoms with E-state index in [0.29, 0.717) is 18.0 Å². The molecule has 1 aromatic carbocycles. The lowest BCUT2D eigenvalue weighted by molar-refractivity contribution is 0.0803. The average molecular weight is 353 g/mol. The van der Waals surface area contributed by atoms with E-state index >= 15 is 0 Å². The van der Waals surface area contributed by atoms with Crippen molar-refractivity contribution in [1.82, 2.24) is 10.2 Å². The quantitative estimate of drug-likeness (QED) is 0.903. The molecule has 1 fully saturated rings. The van der Waals surface area contributed by atoms with E-state index in [0.717, 1.165) is 31.9 Å². The summed E-state index contributed by atoms with van der Waals surface area (Å²) in [4.78, 5) is 2.60. The van der Waals surface area contributed by atoms with Crippen LogP contribution in [0.15, 0.2) is 16.6 Å². The summed E-state index contributed by atoms with van der Waals surface area (Å²) in [7, 11) is 2.08. The summed E-state index contributed by atoms with van der Waals surface area (Å²) in [5.41, 5.74) is 2.68. The molecule has 3 unspecified atom stereocenters. The summed E-state index contributed by atoms with van der Waals surface area (Å²) >= 11 is 3.64. The van der Waals surface area contributed by atoms with Crippen LogP contribution in [0.25, 0.3) is 0 Å². The number of halogens is 1. The highest BCUT2D eigenvalue weighted by Crippen LogP contribution is 2.35. The number of hydrogen-bond donors (Lipinski definition) is 1. The summed E-state index contributed by atoms with van der Waals surface area (Å²) in [6.45, 7) is 7.68. The lowest BCUT2D eigenvalue weighted by Gasteiger charge is -2.42. The fourth-order valence-electron chi connectivity index (χ4n) is 3.75. The fourth-order valence-corrected chi connectivity index (χ4v) is 4.31. The smallest absolute Gasteiger partial charge is 0.127 e. The molecule has 3 nitrogen and oxygen atoms in total. The van der Waals surface area contributed by atoms with Crippen molar-refractivity contribution in [3.63, 3.8) is 0 Å². The van der Waals surface area contributed by atoms with Crippen molar-refractivity contribution in [3.05, 3.63) is 27.7 Å². The third kappa shape index (κ3) is 2.99. The van der Waals surface area contributed by atoms with Crippen LogP contribution in [0, 0.1) is 5.92 Å². The molecule has 1 saturated heterocycles. The van der Waals surface area contributed by atoms with Gasteiger partial charge < -0.3 is 10.1 Å². The molecule has 4 heteroatoms. The molecule has 21 heavy (non-hydrogen) atoms. The predicted octanol–water partition coefficient (Wildman–Crippen LogP) is 3.20. The van der Waals surface area contributed by atoms with Crippen LogP contribution in [0.4, 0.5) is 0 Å². The van der Waals surface area contributed by atoms with Crippen LogP contribution in [0.3, 0.4) is 0 Å². The number of nitrogens with one attached hydrogen (secondary N) is 1. The highest BCUT2D eigenvalue weighted by Gasteiger charge is 2.32. The molecular formula is C17H25BrN2O. The van der Waals surface area contributed by atoms with Crippen LogP contribution in [0.2, 0.25) is 0 Å². The Morgan fingerprint density at radius 1 is 1.38 bits per heavy atom. The Morgan fingerprint density at radius 2 is 2.19 bits per heavy atom. The molecule has 1 N–H and O–H groups in total. The van der Waals surface area contributed by atoms with Crippen molar-refractivity contribution in [2.45, 2.75) is 45.3 Å². The van der Waals surface area contributed by atoms with Crippen molar-refractivity contribution >= 4 is 15.9 Å².